The van der Waals surface area contributed by atoms with Gasteiger partial charge in [-0.1, -0.05) is 5.11 Å². The third-order valence-corrected chi connectivity index (χ3v) is 9.97. The fourth-order valence-corrected chi connectivity index (χ4v) is 6.91. The molecular weight excluding hydrogens is 725 g/mol. The minimum absolute atomic E-state index is 0.0572. The molecule has 2 saturated heterocycles. The van der Waals surface area contributed by atoms with Gasteiger partial charge in [0.05, 0.1) is 36.6 Å². The summed E-state index contributed by atoms with van der Waals surface area (Å²) >= 11 is 1.47. The Labute approximate surface area is 310 Å². The van der Waals surface area contributed by atoms with Crippen molar-refractivity contribution in [1.82, 2.24) is 29.1 Å². The van der Waals surface area contributed by atoms with Gasteiger partial charge in [-0.3, -0.25) is 23.7 Å². The van der Waals surface area contributed by atoms with Crippen molar-refractivity contribution in [3.05, 3.63) is 108 Å². The first kappa shape index (κ1) is 38.2. The Bertz CT molecular complexity index is 2240. The van der Waals surface area contributed by atoms with Crippen LogP contribution in [0.5, 0.6) is 0 Å². The quantitative estimate of drug-likeness (QED) is 0.107. The molecule has 6 N–H and O–H groups in total. The number of carbonyl (C=O) groups excluding carboxylic acids is 1. The minimum atomic E-state index is -0.671. The maximum Gasteiger partial charge on any atom is 0.351 e. The van der Waals surface area contributed by atoms with E-state index in [4.69, 9.17) is 31.0 Å². The number of aryl methyl sites for hydroxylation is 2. The molecule has 54 heavy (non-hydrogen) atoms. The van der Waals surface area contributed by atoms with Gasteiger partial charge < -0.3 is 35.6 Å². The lowest BCUT2D eigenvalue weighted by Crippen LogP contribution is -2.33. The maximum absolute atomic E-state index is 12.4. The Morgan fingerprint density at radius 1 is 1.02 bits per heavy atom. The molecule has 4 aromatic heterocycles. The van der Waals surface area contributed by atoms with Crippen LogP contribution in [0, 0.1) is 13.8 Å². The molecule has 0 spiro atoms. The normalized spacial score (nSPS) is 22.6. The van der Waals surface area contributed by atoms with E-state index in [9.17, 15) is 19.2 Å². The van der Waals surface area contributed by atoms with E-state index in [0.29, 0.717) is 28.7 Å². The molecule has 3 fully saturated rings. The van der Waals surface area contributed by atoms with Gasteiger partial charge in [0.2, 0.25) is 0 Å². The van der Waals surface area contributed by atoms with Crippen LogP contribution in [0.1, 0.15) is 53.2 Å². The summed E-state index contributed by atoms with van der Waals surface area (Å²) in [5.41, 5.74) is 14.8. The van der Waals surface area contributed by atoms with Gasteiger partial charge in [-0.25, -0.2) is 19.6 Å². The van der Waals surface area contributed by atoms with Crippen LogP contribution in [-0.2, 0) is 9.47 Å². The van der Waals surface area contributed by atoms with Crippen molar-refractivity contribution in [3.8, 4) is 0 Å². The van der Waals surface area contributed by atoms with Gasteiger partial charge in [0.15, 0.2) is 5.82 Å². The SMILES string of the molecule is Cc1ccnc2c1NC(=O)c1cccnc1N2C1CC1.Cc1cn([C@H]2C[C@H](N=[N+]=[N-])[C@@H](CO)O2)c(=O)[nH]c1=O.Nc1ccn([C@@H]2CS[C@H](CO)O2)c(=O)n1. The highest BCUT2D eigenvalue weighted by Crippen LogP contribution is 2.43. The molecule has 0 bridgehead atoms. The van der Waals surface area contributed by atoms with Crippen molar-refractivity contribution >= 4 is 40.8 Å². The van der Waals surface area contributed by atoms with Crippen LogP contribution in [0.25, 0.3) is 10.4 Å². The standard InChI is InChI=1S/C15H14N4O.C10H13N5O4.C8H11N3O3S/c1-9-6-8-17-14-12(9)18-15(20)11-3-2-7-16-13(11)19(14)10-4-5-10;1-5-3-15(10(18)12-9(5)17)8-2-6(13-14-11)7(4-16)19-8;9-5-1-2-11(8(13)10-5)6-4-15-7(3-12)14-6/h2-3,6-8,10H,4-5H2,1H3,(H,18,20);3,6-8,16H,2,4H2,1H3,(H,12,17,18);1-2,6-7,12H,3-4H2,(H2,9,10,13)/t;6-,7+,8+;6-,7+/m.00/s1. The fraction of sp³-hybridized carbons (Fsp3) is 0.424. The maximum atomic E-state index is 12.4. The first-order chi connectivity index (χ1) is 26.0. The zero-order valence-corrected chi connectivity index (χ0v) is 30.0. The molecule has 20 nitrogen and oxygen atoms in total. The summed E-state index contributed by atoms with van der Waals surface area (Å²) in [5, 5.41) is 24.5. The van der Waals surface area contributed by atoms with Crippen LogP contribution in [-0.4, -0.2) is 87.8 Å². The second kappa shape index (κ2) is 16.6. The van der Waals surface area contributed by atoms with Gasteiger partial charge >= 0.3 is 11.4 Å². The van der Waals surface area contributed by atoms with Crippen LogP contribution >= 0.6 is 11.8 Å². The third-order valence-electron chi connectivity index (χ3n) is 8.86. The van der Waals surface area contributed by atoms with Crippen molar-refractivity contribution in [3.63, 3.8) is 0 Å². The number of nitrogens with two attached hydrogens (primary N) is 1. The predicted molar refractivity (Wildman–Crippen MR) is 197 cm³/mol. The van der Waals surface area contributed by atoms with Crippen LogP contribution in [0.3, 0.4) is 0 Å². The highest BCUT2D eigenvalue weighted by atomic mass is 32.2. The molecule has 5 atom stereocenters. The Kier molecular flexibility index (Phi) is 11.7. The zero-order valence-electron chi connectivity index (χ0n) is 29.2. The molecule has 0 radical (unpaired) electrons. The lowest BCUT2D eigenvalue weighted by molar-refractivity contribution is -0.0271. The Morgan fingerprint density at radius 3 is 2.48 bits per heavy atom. The number of pyridine rings is 2. The van der Waals surface area contributed by atoms with Crippen molar-refractivity contribution < 1.29 is 24.5 Å². The molecular formula is C33H38N12O8S. The Hall–Kier alpha value is -5.57. The van der Waals surface area contributed by atoms with E-state index < -0.39 is 35.3 Å². The molecule has 1 aliphatic carbocycles. The summed E-state index contributed by atoms with van der Waals surface area (Å²) < 4.78 is 13.5. The highest BCUT2D eigenvalue weighted by Gasteiger charge is 2.38. The average Bonchev–Trinajstić information content (AvgIpc) is 3.76. The number of rotatable bonds is 6. The number of H-pyrrole nitrogens is 1. The number of aromatic amines is 1. The molecule has 1 saturated carbocycles. The molecule has 0 aromatic carbocycles. The van der Waals surface area contributed by atoms with Crippen LogP contribution in [0.4, 0.5) is 23.1 Å². The van der Waals surface area contributed by atoms with E-state index >= 15 is 0 Å². The second-order valence-electron chi connectivity index (χ2n) is 12.6. The first-order valence-corrected chi connectivity index (χ1v) is 17.9. The molecule has 4 aromatic rings. The van der Waals surface area contributed by atoms with E-state index in [0.717, 1.165) is 29.9 Å². The number of nitrogens with one attached hydrogen (secondary N) is 2. The van der Waals surface area contributed by atoms with Crippen molar-refractivity contribution in [1.29, 1.82) is 0 Å². The van der Waals surface area contributed by atoms with Gasteiger partial charge in [-0.2, -0.15) is 4.98 Å². The van der Waals surface area contributed by atoms with Crippen LogP contribution in [0.2, 0.25) is 0 Å². The topological polar surface area (TPSA) is 282 Å². The number of aliphatic hydroxyl groups is 2. The van der Waals surface area contributed by atoms with E-state index in [-0.39, 0.29) is 43.0 Å². The van der Waals surface area contributed by atoms with Gasteiger partial charge in [0.1, 0.15) is 29.5 Å². The number of nitrogen functional groups attached to an aromatic ring is 1. The van der Waals surface area contributed by atoms with E-state index in [2.05, 4.69) is 40.2 Å². The number of aromatic nitrogens is 6. The summed E-state index contributed by atoms with van der Waals surface area (Å²) in [6.07, 6.45) is 7.24. The number of ether oxygens (including phenoxy) is 2. The summed E-state index contributed by atoms with van der Waals surface area (Å²) in [5.74, 6) is 2.22. The minimum Gasteiger partial charge on any atom is -0.394 e. The molecule has 4 aliphatic rings. The summed E-state index contributed by atoms with van der Waals surface area (Å²) in [4.78, 5) is 66.3. The summed E-state index contributed by atoms with van der Waals surface area (Å²) in [6, 6.07) is 6.91. The Morgan fingerprint density at radius 2 is 1.80 bits per heavy atom. The number of amides is 1. The van der Waals surface area contributed by atoms with E-state index in [1.807, 2.05) is 19.1 Å². The van der Waals surface area contributed by atoms with Crippen molar-refractivity contribution in [2.75, 3.05) is 34.9 Å². The number of azide groups is 1. The van der Waals surface area contributed by atoms with Crippen LogP contribution in [0.15, 0.2) is 68.6 Å². The van der Waals surface area contributed by atoms with E-state index in [1.165, 1.54) is 27.1 Å². The lowest BCUT2D eigenvalue weighted by atomic mass is 10.1. The lowest BCUT2D eigenvalue weighted by Gasteiger charge is -2.23. The molecule has 21 heteroatoms. The fourth-order valence-electron chi connectivity index (χ4n) is 5.98. The van der Waals surface area contributed by atoms with E-state index in [1.54, 1.807) is 37.6 Å². The molecule has 0 unspecified atom stereocenters. The van der Waals surface area contributed by atoms with Gasteiger partial charge in [-0.05, 0) is 62.0 Å². The summed E-state index contributed by atoms with van der Waals surface area (Å²) in [6.45, 7) is 3.18. The number of fused-ring (bicyclic) bond motifs is 2. The Balaban J connectivity index is 0.000000140. The first-order valence-electron chi connectivity index (χ1n) is 16.9. The number of hydrogen-bond donors (Lipinski definition) is 5. The van der Waals surface area contributed by atoms with Gasteiger partial charge in [0, 0.05) is 53.5 Å². The van der Waals surface area contributed by atoms with Crippen molar-refractivity contribution in [2.45, 2.75) is 69.2 Å². The number of anilines is 4. The number of aliphatic hydroxyl groups excluding tert-OH is 2. The number of hydrogen-bond acceptors (Lipinski definition) is 15. The van der Waals surface area contributed by atoms with Gasteiger partial charge in [-0.15, -0.1) is 11.8 Å². The molecule has 8 rings (SSSR count). The monoisotopic (exact) mass is 762 g/mol. The summed E-state index contributed by atoms with van der Waals surface area (Å²) in [7, 11) is 0. The number of nitrogens with zero attached hydrogens (tertiary/aromatic N) is 9. The molecule has 7 heterocycles. The zero-order chi connectivity index (χ0) is 38.5. The second-order valence-corrected chi connectivity index (χ2v) is 13.8. The van der Waals surface area contributed by atoms with Crippen LogP contribution < -0.4 is 32.9 Å². The van der Waals surface area contributed by atoms with Crippen molar-refractivity contribution in [2.24, 2.45) is 5.11 Å². The number of thioether (sulfide) groups is 1. The molecule has 3 aliphatic heterocycles. The average molecular weight is 763 g/mol. The largest absolute Gasteiger partial charge is 0.394 e. The highest BCUT2D eigenvalue weighted by molar-refractivity contribution is 8.00. The number of carbonyl (C=O) groups is 1. The predicted octanol–water partition coefficient (Wildman–Crippen LogP) is 1.86. The third kappa shape index (κ3) is 8.30. The smallest absolute Gasteiger partial charge is 0.351 e. The molecule has 284 valence electrons. The molecule has 1 amide bonds. The van der Waals surface area contributed by atoms with Gasteiger partial charge in [0.25, 0.3) is 11.5 Å².